The number of benzene rings is 2. The number of rotatable bonds is 12. The molecule has 0 unspecified atom stereocenters. The number of nitrogens with zero attached hydrogens (tertiary/aromatic N) is 4. The molecule has 15 heteroatoms. The lowest BCUT2D eigenvalue weighted by molar-refractivity contribution is -0.123. The largest absolute Gasteiger partial charge is 0.483 e. The molecule has 44 heavy (non-hydrogen) atoms. The quantitative estimate of drug-likeness (QED) is 0.118. The first-order chi connectivity index (χ1) is 21.3. The summed E-state index contributed by atoms with van der Waals surface area (Å²) in [5.74, 6) is -2.76. The molecule has 2 aromatic heterocycles. The van der Waals surface area contributed by atoms with E-state index in [1.807, 2.05) is 13.0 Å². The summed E-state index contributed by atoms with van der Waals surface area (Å²) in [7, 11) is 0. The molecule has 2 heterocycles. The first kappa shape index (κ1) is 32.9. The third kappa shape index (κ3) is 8.01. The van der Waals surface area contributed by atoms with E-state index in [1.54, 1.807) is 28.8 Å². The predicted octanol–water partition coefficient (Wildman–Crippen LogP) is 2.78. The van der Waals surface area contributed by atoms with Gasteiger partial charge in [-0.05, 0) is 42.3 Å². The van der Waals surface area contributed by atoms with Crippen LogP contribution in [0, 0.1) is 23.0 Å². The fourth-order valence-corrected chi connectivity index (χ4v) is 4.17. The van der Waals surface area contributed by atoms with Gasteiger partial charge in [0.15, 0.2) is 29.6 Å². The second-order valence-electron chi connectivity index (χ2n) is 8.90. The van der Waals surface area contributed by atoms with Crippen molar-refractivity contribution in [1.82, 2.24) is 25.0 Å². The van der Waals surface area contributed by atoms with E-state index in [0.717, 1.165) is 5.56 Å². The minimum absolute atomic E-state index is 0.0426. The van der Waals surface area contributed by atoms with E-state index in [4.69, 9.17) is 25.6 Å². The number of carboxylic acid groups (broad SMARTS) is 1. The van der Waals surface area contributed by atoms with Gasteiger partial charge < -0.3 is 31.5 Å². The number of amides is 2. The zero-order valence-corrected chi connectivity index (χ0v) is 23.6. The zero-order chi connectivity index (χ0) is 32.1. The van der Waals surface area contributed by atoms with Crippen molar-refractivity contribution in [2.75, 3.05) is 31.6 Å². The number of nitrogens with one attached hydrogen (secondary N) is 3. The number of fused-ring (bicyclic) bond motifs is 1. The number of anilines is 2. The van der Waals surface area contributed by atoms with E-state index in [-0.39, 0.29) is 54.8 Å². The van der Waals surface area contributed by atoms with Crippen LogP contribution >= 0.6 is 0 Å². The summed E-state index contributed by atoms with van der Waals surface area (Å²) in [5.41, 5.74) is 7.89. The standard InChI is InChI=1S/C28H28F2N8O3.CH2O2/c1-2-17-15-18(3-4-19(17)28(40)35-11-10-33-23(39)7-8-31)37-26-27-36-16-21(38(27)13-12-34-26)20-5-6-22(41-14-9-32)25(30)24(20)29;2-1-3/h3-6,12-13,15-16H,2,7-8,10-11,14,31H2,1H3,(H,33,39)(H,34,37)(H,35,40);1H,(H,2,3). The predicted molar refractivity (Wildman–Crippen MR) is 156 cm³/mol. The molecule has 13 nitrogen and oxygen atoms in total. The highest BCUT2D eigenvalue weighted by Crippen LogP contribution is 2.32. The van der Waals surface area contributed by atoms with Crippen LogP contribution in [0.3, 0.4) is 0 Å². The average molecular weight is 609 g/mol. The van der Waals surface area contributed by atoms with Crippen molar-refractivity contribution in [2.45, 2.75) is 19.8 Å². The van der Waals surface area contributed by atoms with Gasteiger partial charge in [-0.1, -0.05) is 6.92 Å². The number of nitrogens with two attached hydrogens (primary N) is 1. The van der Waals surface area contributed by atoms with Crippen LogP contribution < -0.4 is 26.4 Å². The van der Waals surface area contributed by atoms with Crippen molar-refractivity contribution in [3.05, 3.63) is 71.7 Å². The maximum atomic E-state index is 14.9. The molecule has 0 fully saturated rings. The third-order valence-corrected chi connectivity index (χ3v) is 6.14. The molecular weight excluding hydrogens is 578 g/mol. The highest BCUT2D eigenvalue weighted by Gasteiger charge is 2.20. The Kier molecular flexibility index (Phi) is 12.1. The van der Waals surface area contributed by atoms with Gasteiger partial charge in [0.2, 0.25) is 11.7 Å². The van der Waals surface area contributed by atoms with E-state index in [9.17, 15) is 18.4 Å². The number of aryl methyl sites for hydroxylation is 1. The van der Waals surface area contributed by atoms with Crippen LogP contribution in [-0.4, -0.2) is 64.0 Å². The smallest absolute Gasteiger partial charge is 0.290 e. The van der Waals surface area contributed by atoms with Crippen LogP contribution in [0.25, 0.3) is 16.9 Å². The zero-order valence-electron chi connectivity index (χ0n) is 23.6. The van der Waals surface area contributed by atoms with Crippen molar-refractivity contribution < 1.29 is 33.0 Å². The number of carbonyl (C=O) groups is 3. The number of aromatic nitrogens is 3. The summed E-state index contributed by atoms with van der Waals surface area (Å²) in [6, 6.07) is 9.56. The Balaban J connectivity index is 0.00000169. The number of nitriles is 1. The lowest BCUT2D eigenvalue weighted by Crippen LogP contribution is -2.35. The molecule has 0 saturated heterocycles. The normalized spacial score (nSPS) is 10.2. The fourth-order valence-electron chi connectivity index (χ4n) is 4.17. The van der Waals surface area contributed by atoms with Crippen LogP contribution in [0.4, 0.5) is 20.3 Å². The second-order valence-corrected chi connectivity index (χ2v) is 8.90. The van der Waals surface area contributed by atoms with Gasteiger partial charge in [0, 0.05) is 55.3 Å². The maximum Gasteiger partial charge on any atom is 0.290 e. The Morgan fingerprint density at radius 3 is 2.61 bits per heavy atom. The van der Waals surface area contributed by atoms with E-state index in [1.165, 1.54) is 24.5 Å². The number of halogens is 2. The fraction of sp³-hybridized carbons (Fsp3) is 0.241. The summed E-state index contributed by atoms with van der Waals surface area (Å²) < 4.78 is 36.0. The Morgan fingerprint density at radius 1 is 1.16 bits per heavy atom. The molecule has 0 spiro atoms. The molecular formula is C29H30F2N8O5. The summed E-state index contributed by atoms with van der Waals surface area (Å²) in [5, 5.41) is 24.2. The summed E-state index contributed by atoms with van der Waals surface area (Å²) in [4.78, 5) is 41.3. The molecule has 0 aliphatic heterocycles. The van der Waals surface area contributed by atoms with Gasteiger partial charge >= 0.3 is 0 Å². The van der Waals surface area contributed by atoms with Crippen molar-refractivity contribution >= 4 is 35.4 Å². The Morgan fingerprint density at radius 2 is 1.91 bits per heavy atom. The summed E-state index contributed by atoms with van der Waals surface area (Å²) >= 11 is 0. The third-order valence-electron chi connectivity index (χ3n) is 6.14. The van der Waals surface area contributed by atoms with Crippen molar-refractivity contribution in [1.29, 1.82) is 5.26 Å². The molecule has 2 aromatic carbocycles. The van der Waals surface area contributed by atoms with Gasteiger partial charge in [-0.3, -0.25) is 18.8 Å². The molecule has 0 aliphatic carbocycles. The van der Waals surface area contributed by atoms with E-state index >= 15 is 0 Å². The Hall–Kier alpha value is -5.62. The molecule has 6 N–H and O–H groups in total. The summed E-state index contributed by atoms with van der Waals surface area (Å²) in [6.07, 6.45) is 5.28. The highest BCUT2D eigenvalue weighted by atomic mass is 19.2. The van der Waals surface area contributed by atoms with Crippen LogP contribution in [-0.2, 0) is 16.0 Å². The number of hydrogen-bond donors (Lipinski definition) is 5. The molecule has 0 aliphatic rings. The monoisotopic (exact) mass is 608 g/mol. The number of carbonyl (C=O) groups excluding carboxylic acids is 2. The molecule has 0 saturated carbocycles. The number of imidazole rings is 1. The van der Waals surface area contributed by atoms with E-state index in [0.29, 0.717) is 35.7 Å². The van der Waals surface area contributed by atoms with Crippen LogP contribution in [0.1, 0.15) is 29.3 Å². The number of hydrogen-bond acceptors (Lipinski definition) is 9. The first-order valence-corrected chi connectivity index (χ1v) is 13.3. The second kappa shape index (κ2) is 16.1. The molecule has 4 rings (SSSR count). The summed E-state index contributed by atoms with van der Waals surface area (Å²) in [6.45, 7) is 2.09. The van der Waals surface area contributed by atoms with Crippen molar-refractivity contribution in [3.8, 4) is 23.1 Å². The van der Waals surface area contributed by atoms with Gasteiger partial charge in [-0.15, -0.1) is 0 Å². The SMILES string of the molecule is CCc1cc(Nc2nccn3c(-c4ccc(OCC#N)c(F)c4F)cnc23)ccc1C(=O)NCCNC(=O)CCN.O=CO. The molecule has 0 radical (unpaired) electrons. The van der Waals surface area contributed by atoms with Crippen molar-refractivity contribution in [3.63, 3.8) is 0 Å². The molecule has 2 amide bonds. The minimum Gasteiger partial charge on any atom is -0.483 e. The minimum atomic E-state index is -1.20. The Bertz CT molecular complexity index is 1670. The van der Waals surface area contributed by atoms with Gasteiger partial charge in [0.05, 0.1) is 11.9 Å². The molecule has 230 valence electrons. The van der Waals surface area contributed by atoms with Crippen LogP contribution in [0.2, 0.25) is 0 Å². The Labute approximate surface area is 250 Å². The topological polar surface area (TPSA) is 197 Å². The lowest BCUT2D eigenvalue weighted by atomic mass is 10.0. The lowest BCUT2D eigenvalue weighted by Gasteiger charge is -2.13. The van der Waals surface area contributed by atoms with E-state index in [2.05, 4.69) is 25.9 Å². The first-order valence-electron chi connectivity index (χ1n) is 13.3. The maximum absolute atomic E-state index is 14.9. The molecule has 0 atom stereocenters. The van der Waals surface area contributed by atoms with Gasteiger partial charge in [-0.25, -0.2) is 14.4 Å². The van der Waals surface area contributed by atoms with Crippen LogP contribution in [0.15, 0.2) is 48.9 Å². The van der Waals surface area contributed by atoms with E-state index < -0.39 is 18.2 Å². The van der Waals surface area contributed by atoms with Crippen molar-refractivity contribution in [2.24, 2.45) is 5.73 Å². The number of ether oxygens (including phenoxy) is 1. The van der Waals surface area contributed by atoms with Gasteiger partial charge in [-0.2, -0.15) is 9.65 Å². The average Bonchev–Trinajstić information content (AvgIpc) is 3.45. The van der Waals surface area contributed by atoms with Gasteiger partial charge in [0.1, 0.15) is 6.07 Å². The highest BCUT2D eigenvalue weighted by molar-refractivity contribution is 5.96. The van der Waals surface area contributed by atoms with Gasteiger partial charge in [0.25, 0.3) is 12.4 Å². The molecule has 4 aromatic rings. The van der Waals surface area contributed by atoms with Crippen LogP contribution in [0.5, 0.6) is 5.75 Å². The molecule has 0 bridgehead atoms.